The molecule has 1 heterocycles. The topological polar surface area (TPSA) is 56.2 Å². The van der Waals surface area contributed by atoms with Crippen molar-refractivity contribution < 1.29 is 9.53 Å². The monoisotopic (exact) mass is 247 g/mol. The van der Waals surface area contributed by atoms with Gasteiger partial charge in [0.25, 0.3) is 0 Å². The maximum absolute atomic E-state index is 11.5. The molecule has 1 aromatic carbocycles. The van der Waals surface area contributed by atoms with Gasteiger partial charge in [-0.3, -0.25) is 9.36 Å². The van der Waals surface area contributed by atoms with E-state index < -0.39 is 0 Å². The van der Waals surface area contributed by atoms with E-state index in [2.05, 4.69) is 17.2 Å². The molecule has 0 saturated heterocycles. The van der Waals surface area contributed by atoms with Gasteiger partial charge in [-0.25, -0.2) is 4.98 Å². The predicted octanol–water partition coefficient (Wildman–Crippen LogP) is 2.03. The number of para-hydroxylation sites is 2. The van der Waals surface area contributed by atoms with Crippen LogP contribution in [0.2, 0.25) is 0 Å². The molecule has 2 rings (SSSR count). The van der Waals surface area contributed by atoms with Crippen molar-refractivity contribution >= 4 is 23.0 Å². The van der Waals surface area contributed by atoms with E-state index in [-0.39, 0.29) is 12.5 Å². The van der Waals surface area contributed by atoms with E-state index in [9.17, 15) is 4.79 Å². The molecule has 0 amide bonds. The van der Waals surface area contributed by atoms with Crippen LogP contribution in [0, 0.1) is 0 Å². The number of benzene rings is 1. The Kier molecular flexibility index (Phi) is 3.82. The maximum Gasteiger partial charge on any atom is 0.325 e. The number of carbonyl (C=O) groups is 1. The third-order valence-corrected chi connectivity index (χ3v) is 2.70. The summed E-state index contributed by atoms with van der Waals surface area (Å²) >= 11 is 0. The van der Waals surface area contributed by atoms with Gasteiger partial charge in [-0.2, -0.15) is 0 Å². The number of anilines is 1. The Labute approximate surface area is 106 Å². The Morgan fingerprint density at radius 2 is 2.22 bits per heavy atom. The SMILES string of the molecule is CCCNc1nc2ccccc2n1CC(=O)OC. The maximum atomic E-state index is 11.5. The number of aromatic nitrogens is 2. The number of nitrogens with one attached hydrogen (secondary N) is 1. The molecule has 5 nitrogen and oxygen atoms in total. The van der Waals surface area contributed by atoms with Gasteiger partial charge >= 0.3 is 5.97 Å². The highest BCUT2D eigenvalue weighted by Crippen LogP contribution is 2.19. The summed E-state index contributed by atoms with van der Waals surface area (Å²) in [7, 11) is 1.39. The molecule has 96 valence electrons. The molecule has 0 atom stereocenters. The van der Waals surface area contributed by atoms with Gasteiger partial charge in [-0.15, -0.1) is 0 Å². The van der Waals surface area contributed by atoms with Crippen LogP contribution in [-0.2, 0) is 16.1 Å². The van der Waals surface area contributed by atoms with Crippen LogP contribution in [0.25, 0.3) is 11.0 Å². The Balaban J connectivity index is 2.40. The lowest BCUT2D eigenvalue weighted by molar-refractivity contribution is -0.141. The van der Waals surface area contributed by atoms with E-state index in [1.54, 1.807) is 0 Å². The normalized spacial score (nSPS) is 10.6. The number of esters is 1. The first-order valence-electron chi connectivity index (χ1n) is 6.02. The van der Waals surface area contributed by atoms with Crippen molar-refractivity contribution in [2.24, 2.45) is 0 Å². The number of imidazole rings is 1. The minimum absolute atomic E-state index is 0.170. The molecule has 0 bridgehead atoms. The van der Waals surface area contributed by atoms with Crippen LogP contribution in [0.5, 0.6) is 0 Å². The summed E-state index contributed by atoms with van der Waals surface area (Å²) in [5, 5.41) is 3.23. The summed E-state index contributed by atoms with van der Waals surface area (Å²) in [6, 6.07) is 7.74. The van der Waals surface area contributed by atoms with Crippen molar-refractivity contribution in [1.29, 1.82) is 0 Å². The largest absolute Gasteiger partial charge is 0.468 e. The Morgan fingerprint density at radius 3 is 2.94 bits per heavy atom. The first-order valence-corrected chi connectivity index (χ1v) is 6.02. The molecule has 1 N–H and O–H groups in total. The number of ether oxygens (including phenoxy) is 1. The summed E-state index contributed by atoms with van der Waals surface area (Å²) in [5.74, 6) is 0.432. The minimum Gasteiger partial charge on any atom is -0.468 e. The molecule has 0 unspecified atom stereocenters. The van der Waals surface area contributed by atoms with Gasteiger partial charge in [0.15, 0.2) is 0 Å². The minimum atomic E-state index is -0.280. The lowest BCUT2D eigenvalue weighted by atomic mass is 10.3. The van der Waals surface area contributed by atoms with Gasteiger partial charge in [-0.05, 0) is 18.6 Å². The van der Waals surface area contributed by atoms with Gasteiger partial charge in [0.05, 0.1) is 18.1 Å². The summed E-state index contributed by atoms with van der Waals surface area (Å²) in [6.07, 6.45) is 1.00. The summed E-state index contributed by atoms with van der Waals surface area (Å²) in [5.41, 5.74) is 1.81. The summed E-state index contributed by atoms with van der Waals surface area (Å²) in [4.78, 5) is 15.9. The fourth-order valence-electron chi connectivity index (χ4n) is 1.80. The van der Waals surface area contributed by atoms with Crippen LogP contribution < -0.4 is 5.32 Å². The molecule has 18 heavy (non-hydrogen) atoms. The van der Waals surface area contributed by atoms with E-state index in [0.717, 1.165) is 24.0 Å². The van der Waals surface area contributed by atoms with E-state index in [1.165, 1.54) is 7.11 Å². The van der Waals surface area contributed by atoms with E-state index in [1.807, 2.05) is 28.8 Å². The summed E-state index contributed by atoms with van der Waals surface area (Å²) < 4.78 is 6.56. The molecule has 0 spiro atoms. The van der Waals surface area contributed by atoms with Crippen molar-refractivity contribution in [2.45, 2.75) is 19.9 Å². The zero-order valence-corrected chi connectivity index (χ0v) is 10.6. The Morgan fingerprint density at radius 1 is 1.44 bits per heavy atom. The average Bonchev–Trinajstić information content (AvgIpc) is 2.74. The van der Waals surface area contributed by atoms with Crippen LogP contribution in [0.4, 0.5) is 5.95 Å². The highest BCUT2D eigenvalue weighted by molar-refractivity contribution is 5.81. The van der Waals surface area contributed by atoms with Crippen LogP contribution in [0.15, 0.2) is 24.3 Å². The van der Waals surface area contributed by atoms with E-state index in [4.69, 9.17) is 4.74 Å². The molecule has 0 fully saturated rings. The molecule has 1 aromatic heterocycles. The van der Waals surface area contributed by atoms with Crippen LogP contribution in [-0.4, -0.2) is 29.2 Å². The van der Waals surface area contributed by atoms with Gasteiger partial charge in [0.2, 0.25) is 5.95 Å². The molecule has 2 aromatic rings. The number of nitrogens with zero attached hydrogens (tertiary/aromatic N) is 2. The summed E-state index contributed by atoms with van der Waals surface area (Å²) in [6.45, 7) is 3.08. The van der Waals surface area contributed by atoms with Crippen LogP contribution in [0.1, 0.15) is 13.3 Å². The molecule has 5 heteroatoms. The Bertz CT molecular complexity index is 548. The first kappa shape index (κ1) is 12.4. The van der Waals surface area contributed by atoms with Crippen LogP contribution in [0.3, 0.4) is 0 Å². The number of methoxy groups -OCH3 is 1. The highest BCUT2D eigenvalue weighted by atomic mass is 16.5. The van der Waals surface area contributed by atoms with Gasteiger partial charge in [0.1, 0.15) is 6.54 Å². The second-order valence-corrected chi connectivity index (χ2v) is 4.01. The quantitative estimate of drug-likeness (QED) is 0.821. The molecular formula is C13H17N3O2. The zero-order chi connectivity index (χ0) is 13.0. The van der Waals surface area contributed by atoms with E-state index in [0.29, 0.717) is 5.95 Å². The molecule has 0 saturated carbocycles. The lowest BCUT2D eigenvalue weighted by Crippen LogP contribution is -2.15. The molecule has 0 aliphatic carbocycles. The standard InChI is InChI=1S/C13H17N3O2/c1-3-8-14-13-15-10-6-4-5-7-11(10)16(13)9-12(17)18-2/h4-7H,3,8-9H2,1-2H3,(H,14,15). The number of fused-ring (bicyclic) bond motifs is 1. The number of carbonyl (C=O) groups excluding carboxylic acids is 1. The molecule has 0 aliphatic heterocycles. The van der Waals surface area contributed by atoms with Gasteiger partial charge in [-0.1, -0.05) is 19.1 Å². The van der Waals surface area contributed by atoms with Crippen LogP contribution >= 0.6 is 0 Å². The lowest BCUT2D eigenvalue weighted by Gasteiger charge is -2.08. The predicted molar refractivity (Wildman–Crippen MR) is 70.5 cm³/mol. The zero-order valence-electron chi connectivity index (χ0n) is 10.6. The highest BCUT2D eigenvalue weighted by Gasteiger charge is 2.12. The fraction of sp³-hybridized carbons (Fsp3) is 0.385. The van der Waals surface area contributed by atoms with E-state index >= 15 is 0 Å². The van der Waals surface area contributed by atoms with Crippen molar-refractivity contribution in [3.8, 4) is 0 Å². The van der Waals surface area contributed by atoms with Crippen molar-refractivity contribution in [2.75, 3.05) is 19.0 Å². The van der Waals surface area contributed by atoms with Gasteiger partial charge in [0, 0.05) is 6.54 Å². The number of hydrogen-bond acceptors (Lipinski definition) is 4. The number of hydrogen-bond donors (Lipinski definition) is 1. The van der Waals surface area contributed by atoms with Gasteiger partial charge < -0.3 is 10.1 Å². The third kappa shape index (κ3) is 2.45. The first-order chi connectivity index (χ1) is 8.76. The van der Waals surface area contributed by atoms with Crippen molar-refractivity contribution in [3.05, 3.63) is 24.3 Å². The van der Waals surface area contributed by atoms with Crippen molar-refractivity contribution in [3.63, 3.8) is 0 Å². The van der Waals surface area contributed by atoms with Crippen molar-refractivity contribution in [1.82, 2.24) is 9.55 Å². The smallest absolute Gasteiger partial charge is 0.325 e. The second kappa shape index (κ2) is 5.53. The number of rotatable bonds is 5. The second-order valence-electron chi connectivity index (χ2n) is 4.01. The average molecular weight is 247 g/mol. The third-order valence-electron chi connectivity index (χ3n) is 2.70. The molecular weight excluding hydrogens is 230 g/mol. The fourth-order valence-corrected chi connectivity index (χ4v) is 1.80. The Hall–Kier alpha value is -2.04. The molecule has 0 aliphatic rings. The molecule has 0 radical (unpaired) electrons.